The van der Waals surface area contributed by atoms with Crippen molar-refractivity contribution in [1.82, 2.24) is 0 Å². The van der Waals surface area contributed by atoms with Gasteiger partial charge in [0.2, 0.25) is 5.91 Å². The minimum absolute atomic E-state index is 0.0261. The van der Waals surface area contributed by atoms with Crippen LogP contribution in [0.1, 0.15) is 16.4 Å². The molecule has 0 aliphatic rings. The number of hydrogen-bond acceptors (Lipinski definition) is 2. The molecule has 0 radical (unpaired) electrons. The summed E-state index contributed by atoms with van der Waals surface area (Å²) in [5, 5.41) is 2.74. The smallest absolute Gasteiger partial charge is 0.242 e. The van der Waals surface area contributed by atoms with Gasteiger partial charge in [-0.3, -0.25) is 4.79 Å². The number of thioether (sulfide) groups is 1. The first-order chi connectivity index (χ1) is 12.1. The zero-order valence-electron chi connectivity index (χ0n) is 13.8. The van der Waals surface area contributed by atoms with E-state index in [0.29, 0.717) is 0 Å². The molecule has 0 aromatic heterocycles. The topological polar surface area (TPSA) is 29.1 Å². The molecule has 0 bridgehead atoms. The molecule has 1 amide bonds. The first-order valence-electron chi connectivity index (χ1n) is 7.97. The highest BCUT2D eigenvalue weighted by molar-refractivity contribution is 9.10. The zero-order chi connectivity index (χ0) is 17.6. The van der Waals surface area contributed by atoms with E-state index in [9.17, 15) is 4.79 Å². The highest BCUT2D eigenvalue weighted by Crippen LogP contribution is 2.36. The first-order valence-corrected chi connectivity index (χ1v) is 9.64. The van der Waals surface area contributed by atoms with Crippen molar-refractivity contribution in [2.75, 3.05) is 5.32 Å². The molecular weight excluding hydrogens is 394 g/mol. The van der Waals surface area contributed by atoms with Gasteiger partial charge in [-0.25, -0.2) is 0 Å². The summed E-state index contributed by atoms with van der Waals surface area (Å²) in [7, 11) is 0. The molecule has 0 spiro atoms. The van der Waals surface area contributed by atoms with Crippen molar-refractivity contribution in [3.63, 3.8) is 0 Å². The van der Waals surface area contributed by atoms with E-state index < -0.39 is 0 Å². The molecule has 1 atom stereocenters. The van der Waals surface area contributed by atoms with Crippen molar-refractivity contribution in [2.45, 2.75) is 17.1 Å². The molecule has 0 unspecified atom stereocenters. The Morgan fingerprint density at radius 2 is 1.60 bits per heavy atom. The number of aryl methyl sites for hydroxylation is 1. The molecule has 126 valence electrons. The minimum Gasteiger partial charge on any atom is -0.325 e. The van der Waals surface area contributed by atoms with Crippen molar-refractivity contribution >= 4 is 39.3 Å². The summed E-state index contributed by atoms with van der Waals surface area (Å²) >= 11 is 5.04. The third kappa shape index (κ3) is 4.74. The number of hydrogen-bond donors (Lipinski definition) is 1. The van der Waals surface area contributed by atoms with Gasteiger partial charge in [0.15, 0.2) is 0 Å². The summed E-state index contributed by atoms with van der Waals surface area (Å²) < 4.78 is 1.03. The van der Waals surface area contributed by atoms with Gasteiger partial charge >= 0.3 is 0 Å². The quantitative estimate of drug-likeness (QED) is 0.504. The van der Waals surface area contributed by atoms with Crippen LogP contribution in [0.2, 0.25) is 0 Å². The van der Waals surface area contributed by atoms with Gasteiger partial charge in [-0.1, -0.05) is 64.5 Å². The fraction of sp³-hybridized carbons (Fsp3) is 0.0952. The van der Waals surface area contributed by atoms with Gasteiger partial charge in [0.05, 0.1) is 0 Å². The maximum Gasteiger partial charge on any atom is 0.242 e. The second-order valence-corrected chi connectivity index (χ2v) is 7.71. The lowest BCUT2D eigenvalue weighted by Gasteiger charge is -2.17. The Hall–Kier alpha value is -2.04. The lowest BCUT2D eigenvalue weighted by molar-refractivity contribution is -0.115. The summed E-state index contributed by atoms with van der Waals surface area (Å²) in [6, 6.07) is 25.7. The summed E-state index contributed by atoms with van der Waals surface area (Å²) in [5.74, 6) is -0.0261. The monoisotopic (exact) mass is 411 g/mol. The van der Waals surface area contributed by atoms with E-state index in [1.807, 2.05) is 85.8 Å². The Kier molecular flexibility index (Phi) is 5.95. The van der Waals surface area contributed by atoms with E-state index in [-0.39, 0.29) is 11.2 Å². The normalized spacial score (nSPS) is 11.8. The molecule has 1 N–H and O–H groups in total. The van der Waals surface area contributed by atoms with Gasteiger partial charge in [-0.15, -0.1) is 11.8 Å². The van der Waals surface area contributed by atoms with Crippen LogP contribution in [0.4, 0.5) is 5.69 Å². The molecular formula is C21H18BrNOS. The summed E-state index contributed by atoms with van der Waals surface area (Å²) in [6.45, 7) is 2.01. The molecule has 25 heavy (non-hydrogen) atoms. The van der Waals surface area contributed by atoms with Gasteiger partial charge in [0.25, 0.3) is 0 Å². The average Bonchev–Trinajstić information content (AvgIpc) is 2.64. The van der Waals surface area contributed by atoms with Crippen LogP contribution in [0.15, 0.2) is 88.2 Å². The predicted molar refractivity (Wildman–Crippen MR) is 109 cm³/mol. The van der Waals surface area contributed by atoms with Crippen LogP contribution in [-0.2, 0) is 4.79 Å². The van der Waals surface area contributed by atoms with E-state index in [1.54, 1.807) is 11.8 Å². The Morgan fingerprint density at radius 1 is 0.960 bits per heavy atom. The molecule has 4 heteroatoms. The molecule has 3 aromatic carbocycles. The van der Waals surface area contributed by atoms with Crippen LogP contribution in [0.5, 0.6) is 0 Å². The molecule has 0 heterocycles. The van der Waals surface area contributed by atoms with E-state index >= 15 is 0 Å². The van der Waals surface area contributed by atoms with Gasteiger partial charge in [-0.2, -0.15) is 0 Å². The molecule has 0 saturated heterocycles. The first kappa shape index (κ1) is 17.8. The molecule has 0 aliphatic carbocycles. The second kappa shape index (κ2) is 8.37. The zero-order valence-corrected chi connectivity index (χ0v) is 16.2. The predicted octanol–water partition coefficient (Wildman–Crippen LogP) is 6.23. The van der Waals surface area contributed by atoms with Gasteiger partial charge in [-0.05, 0) is 48.4 Å². The van der Waals surface area contributed by atoms with E-state index in [0.717, 1.165) is 26.2 Å². The van der Waals surface area contributed by atoms with Crippen molar-refractivity contribution in [3.8, 4) is 0 Å². The van der Waals surface area contributed by atoms with E-state index in [4.69, 9.17) is 0 Å². The van der Waals surface area contributed by atoms with Gasteiger partial charge < -0.3 is 5.32 Å². The third-order valence-corrected chi connectivity index (χ3v) is 5.92. The fourth-order valence-corrected chi connectivity index (χ4v) is 3.76. The number of rotatable bonds is 5. The number of halogens is 1. The minimum atomic E-state index is -0.312. The van der Waals surface area contributed by atoms with Crippen LogP contribution >= 0.6 is 27.7 Å². The fourth-order valence-electron chi connectivity index (χ4n) is 2.47. The van der Waals surface area contributed by atoms with Crippen LogP contribution in [0, 0.1) is 6.92 Å². The largest absolute Gasteiger partial charge is 0.325 e. The van der Waals surface area contributed by atoms with Crippen LogP contribution in [0.25, 0.3) is 0 Å². The molecule has 3 rings (SSSR count). The van der Waals surface area contributed by atoms with Crippen LogP contribution in [0.3, 0.4) is 0 Å². The Balaban J connectivity index is 1.85. The number of nitrogens with one attached hydrogen (secondary N) is 1. The Morgan fingerprint density at radius 3 is 2.24 bits per heavy atom. The summed E-state index contributed by atoms with van der Waals surface area (Å²) in [5.41, 5.74) is 2.88. The number of anilines is 1. The van der Waals surface area contributed by atoms with Crippen molar-refractivity contribution in [2.24, 2.45) is 0 Å². The lowest BCUT2D eigenvalue weighted by atomic mass is 10.1. The number of amides is 1. The number of carbonyl (C=O) groups excluding carboxylic acids is 1. The van der Waals surface area contributed by atoms with Crippen molar-refractivity contribution < 1.29 is 4.79 Å². The van der Waals surface area contributed by atoms with Gasteiger partial charge in [0, 0.05) is 15.1 Å². The van der Waals surface area contributed by atoms with Gasteiger partial charge in [0.1, 0.15) is 5.25 Å². The Labute approximate surface area is 160 Å². The van der Waals surface area contributed by atoms with Crippen LogP contribution in [-0.4, -0.2) is 5.91 Å². The summed E-state index contributed by atoms with van der Waals surface area (Å²) in [4.78, 5) is 14.0. The SMILES string of the molecule is Cc1cc(NC(=O)[C@H](Sc2ccccc2)c2ccccc2)ccc1Br. The molecule has 2 nitrogen and oxygen atoms in total. The average molecular weight is 412 g/mol. The maximum atomic E-state index is 13.0. The number of carbonyl (C=O) groups is 1. The maximum absolute atomic E-state index is 13.0. The third-order valence-electron chi connectivity index (χ3n) is 3.76. The Bertz CT molecular complexity index is 852. The number of benzene rings is 3. The highest BCUT2D eigenvalue weighted by Gasteiger charge is 2.22. The molecule has 0 aliphatic heterocycles. The van der Waals surface area contributed by atoms with E-state index in [1.165, 1.54) is 0 Å². The van der Waals surface area contributed by atoms with Crippen LogP contribution < -0.4 is 5.32 Å². The van der Waals surface area contributed by atoms with Crippen molar-refractivity contribution in [3.05, 3.63) is 94.5 Å². The molecule has 0 saturated carbocycles. The molecule has 0 fully saturated rings. The second-order valence-electron chi connectivity index (χ2n) is 5.67. The molecule has 3 aromatic rings. The standard InChI is InChI=1S/C21H18BrNOS/c1-15-14-17(12-13-19(15)22)23-21(24)20(16-8-4-2-5-9-16)25-18-10-6-3-7-11-18/h2-14,20H,1H3,(H,23,24)/t20-/m1/s1. The van der Waals surface area contributed by atoms with E-state index in [2.05, 4.69) is 21.2 Å². The highest BCUT2D eigenvalue weighted by atomic mass is 79.9. The lowest BCUT2D eigenvalue weighted by Crippen LogP contribution is -2.19. The van der Waals surface area contributed by atoms with Crippen molar-refractivity contribution in [1.29, 1.82) is 0 Å². The summed E-state index contributed by atoms with van der Waals surface area (Å²) in [6.07, 6.45) is 0.